The first-order chi connectivity index (χ1) is 13.9. The number of amides is 2. The fraction of sp³-hybridized carbons (Fsp3) is 0.450. The highest BCUT2D eigenvalue weighted by Gasteiger charge is 2.25. The van der Waals surface area contributed by atoms with Crippen molar-refractivity contribution in [1.29, 1.82) is 0 Å². The van der Waals surface area contributed by atoms with Gasteiger partial charge in [-0.05, 0) is 39.0 Å². The van der Waals surface area contributed by atoms with E-state index in [0.717, 1.165) is 30.2 Å². The molecule has 9 heteroatoms. The molecule has 4 rings (SSSR count). The van der Waals surface area contributed by atoms with Crippen molar-refractivity contribution in [2.45, 2.75) is 49.7 Å². The summed E-state index contributed by atoms with van der Waals surface area (Å²) >= 11 is 2.91. The van der Waals surface area contributed by atoms with E-state index in [1.54, 1.807) is 12.1 Å². The summed E-state index contributed by atoms with van der Waals surface area (Å²) < 4.78 is 5.77. The fourth-order valence-electron chi connectivity index (χ4n) is 3.60. The Morgan fingerprint density at radius 3 is 2.83 bits per heavy atom. The van der Waals surface area contributed by atoms with Gasteiger partial charge in [-0.25, -0.2) is 4.98 Å². The number of carbonyl (C=O) groups excluding carboxylic acids is 2. The summed E-state index contributed by atoms with van der Waals surface area (Å²) in [6.07, 6.45) is 0.421. The minimum absolute atomic E-state index is 0.0450. The molecule has 154 valence electrons. The minimum atomic E-state index is -0.236. The van der Waals surface area contributed by atoms with Crippen LogP contribution in [0.2, 0.25) is 0 Å². The molecule has 0 radical (unpaired) electrons. The summed E-state index contributed by atoms with van der Waals surface area (Å²) in [5.74, 6) is -0.281. The number of fused-ring (bicyclic) bond motifs is 1. The number of nitrogens with zero attached hydrogens (tertiary/aromatic N) is 2. The van der Waals surface area contributed by atoms with Crippen LogP contribution in [0, 0.1) is 0 Å². The lowest BCUT2D eigenvalue weighted by molar-refractivity contribution is -0.115. The van der Waals surface area contributed by atoms with Crippen molar-refractivity contribution in [3.05, 3.63) is 34.8 Å². The number of nitrogens with one attached hydrogen (secondary N) is 2. The Balaban J connectivity index is 1.39. The topological polar surface area (TPSA) is 83.6 Å². The molecule has 3 heterocycles. The van der Waals surface area contributed by atoms with E-state index in [0.29, 0.717) is 16.4 Å². The molecular formula is C20H24N4O3S2. The first kappa shape index (κ1) is 20.3. The molecule has 0 spiro atoms. The lowest BCUT2D eigenvalue weighted by Gasteiger charge is -2.34. The second-order valence-electron chi connectivity index (χ2n) is 7.51. The first-order valence-corrected chi connectivity index (χ1v) is 11.4. The molecule has 1 fully saturated rings. The first-order valence-electron chi connectivity index (χ1n) is 9.62. The number of hydrogen-bond donors (Lipinski definition) is 2. The summed E-state index contributed by atoms with van der Waals surface area (Å²) in [5.41, 5.74) is 2.11. The largest absolute Gasteiger partial charge is 0.373 e. The molecule has 2 aromatic rings. The zero-order chi connectivity index (χ0) is 20.5. The van der Waals surface area contributed by atoms with Gasteiger partial charge in [-0.15, -0.1) is 23.1 Å². The molecule has 0 bridgehead atoms. The van der Waals surface area contributed by atoms with Gasteiger partial charge in [0.2, 0.25) is 5.91 Å². The Morgan fingerprint density at radius 1 is 1.31 bits per heavy atom. The number of anilines is 2. The maximum Gasteiger partial charge on any atom is 0.257 e. The molecule has 0 saturated carbocycles. The molecule has 3 unspecified atom stereocenters. The summed E-state index contributed by atoms with van der Waals surface area (Å²) in [5, 5.41) is 8.14. The summed E-state index contributed by atoms with van der Waals surface area (Å²) in [7, 11) is 0. The van der Waals surface area contributed by atoms with E-state index in [4.69, 9.17) is 4.74 Å². The highest BCUT2D eigenvalue weighted by molar-refractivity contribution is 8.00. The van der Waals surface area contributed by atoms with Gasteiger partial charge in [-0.1, -0.05) is 0 Å². The smallest absolute Gasteiger partial charge is 0.257 e. The Labute approximate surface area is 178 Å². The number of hydrogen-bond acceptors (Lipinski definition) is 7. The summed E-state index contributed by atoms with van der Waals surface area (Å²) in [4.78, 5) is 32.4. The molecule has 2 aliphatic rings. The number of thioether (sulfide) groups is 1. The van der Waals surface area contributed by atoms with Gasteiger partial charge in [0.1, 0.15) is 0 Å². The Kier molecular flexibility index (Phi) is 5.91. The van der Waals surface area contributed by atoms with Crippen LogP contribution in [0.5, 0.6) is 0 Å². The minimum Gasteiger partial charge on any atom is -0.373 e. The number of benzene rings is 1. The Bertz CT molecular complexity index is 922. The van der Waals surface area contributed by atoms with Gasteiger partial charge in [0, 0.05) is 35.5 Å². The Morgan fingerprint density at radius 2 is 2.07 bits per heavy atom. The maximum absolute atomic E-state index is 12.6. The monoisotopic (exact) mass is 432 g/mol. The second-order valence-corrected chi connectivity index (χ2v) is 9.75. The molecule has 2 N–H and O–H groups in total. The van der Waals surface area contributed by atoms with Crippen LogP contribution in [0.15, 0.2) is 28.5 Å². The molecule has 1 aromatic heterocycles. The number of carbonyl (C=O) groups is 2. The predicted molar refractivity (Wildman–Crippen MR) is 116 cm³/mol. The zero-order valence-electron chi connectivity index (χ0n) is 16.6. The molecule has 1 aromatic carbocycles. The van der Waals surface area contributed by atoms with Crippen molar-refractivity contribution in [1.82, 2.24) is 9.88 Å². The number of aromatic nitrogens is 1. The molecular weight excluding hydrogens is 408 g/mol. The number of morpholine rings is 1. The third-order valence-corrected chi connectivity index (χ3v) is 6.81. The van der Waals surface area contributed by atoms with Crippen LogP contribution in [0.1, 0.15) is 36.8 Å². The lowest BCUT2D eigenvalue weighted by atomic mass is 10.2. The van der Waals surface area contributed by atoms with Crippen molar-refractivity contribution in [3.63, 3.8) is 0 Å². The summed E-state index contributed by atoms with van der Waals surface area (Å²) in [6, 6.07) is 5.36. The standard InChI is InChI=1S/C20H24N4O3S2/c1-11-7-24(8-12(2)27-11)9-15-10-28-20(21-15)23-19(26)14-4-5-17-16(6-14)22-18(25)13(3)29-17/h4-6,10-13H,7-9H2,1-3H3,(H,22,25)(H,21,23,26). The van der Waals surface area contributed by atoms with Crippen LogP contribution in [0.25, 0.3) is 0 Å². The lowest BCUT2D eigenvalue weighted by Crippen LogP contribution is -2.44. The SMILES string of the molecule is CC1CN(Cc2csc(NC(=O)c3ccc4c(c3)NC(=O)C(C)S4)n2)CC(C)O1. The van der Waals surface area contributed by atoms with Gasteiger partial charge in [0.15, 0.2) is 5.13 Å². The van der Waals surface area contributed by atoms with Crippen molar-refractivity contribution in [2.75, 3.05) is 23.7 Å². The van der Waals surface area contributed by atoms with Gasteiger partial charge >= 0.3 is 0 Å². The van der Waals surface area contributed by atoms with Crippen molar-refractivity contribution in [3.8, 4) is 0 Å². The maximum atomic E-state index is 12.6. The fourth-order valence-corrected chi connectivity index (χ4v) is 5.23. The molecule has 7 nitrogen and oxygen atoms in total. The Hall–Kier alpha value is -1.94. The van der Waals surface area contributed by atoms with E-state index < -0.39 is 0 Å². The highest BCUT2D eigenvalue weighted by Crippen LogP contribution is 2.36. The van der Waals surface area contributed by atoms with Crippen LogP contribution < -0.4 is 10.6 Å². The van der Waals surface area contributed by atoms with Crippen LogP contribution in [0.3, 0.4) is 0 Å². The number of ether oxygens (including phenoxy) is 1. The van der Waals surface area contributed by atoms with Crippen LogP contribution >= 0.6 is 23.1 Å². The van der Waals surface area contributed by atoms with E-state index >= 15 is 0 Å². The molecule has 2 amide bonds. The zero-order valence-corrected chi connectivity index (χ0v) is 18.2. The van der Waals surface area contributed by atoms with Crippen molar-refractivity contribution < 1.29 is 14.3 Å². The molecule has 2 aliphatic heterocycles. The van der Waals surface area contributed by atoms with Gasteiger partial charge in [0.25, 0.3) is 5.91 Å². The molecule has 3 atom stereocenters. The van der Waals surface area contributed by atoms with Gasteiger partial charge < -0.3 is 10.1 Å². The van der Waals surface area contributed by atoms with Crippen molar-refractivity contribution >= 4 is 45.7 Å². The summed E-state index contributed by atoms with van der Waals surface area (Å²) in [6.45, 7) is 8.51. The molecule has 29 heavy (non-hydrogen) atoms. The van der Waals surface area contributed by atoms with E-state index in [1.165, 1.54) is 23.1 Å². The van der Waals surface area contributed by atoms with Crippen LogP contribution in [0.4, 0.5) is 10.8 Å². The van der Waals surface area contributed by atoms with Gasteiger partial charge in [0.05, 0.1) is 28.8 Å². The van der Waals surface area contributed by atoms with E-state index in [1.807, 2.05) is 18.4 Å². The van der Waals surface area contributed by atoms with Gasteiger partial charge in [-0.3, -0.25) is 19.8 Å². The predicted octanol–water partition coefficient (Wildman–Crippen LogP) is 3.44. The average molecular weight is 433 g/mol. The van der Waals surface area contributed by atoms with Crippen LogP contribution in [-0.4, -0.2) is 52.2 Å². The third kappa shape index (κ3) is 4.80. The third-order valence-electron chi connectivity index (χ3n) is 4.83. The van der Waals surface area contributed by atoms with Crippen molar-refractivity contribution in [2.24, 2.45) is 0 Å². The highest BCUT2D eigenvalue weighted by atomic mass is 32.2. The number of rotatable bonds is 4. The van der Waals surface area contributed by atoms with E-state index in [9.17, 15) is 9.59 Å². The van der Waals surface area contributed by atoms with Gasteiger partial charge in [-0.2, -0.15) is 0 Å². The average Bonchev–Trinajstić information content (AvgIpc) is 3.08. The normalized spacial score (nSPS) is 24.7. The number of thiazole rings is 1. The van der Waals surface area contributed by atoms with E-state index in [2.05, 4.69) is 34.4 Å². The molecule has 0 aliphatic carbocycles. The second kappa shape index (κ2) is 8.43. The quantitative estimate of drug-likeness (QED) is 0.770. The molecule has 1 saturated heterocycles. The van der Waals surface area contributed by atoms with E-state index in [-0.39, 0.29) is 29.3 Å². The van der Waals surface area contributed by atoms with Crippen LogP contribution in [-0.2, 0) is 16.1 Å².